The van der Waals surface area contributed by atoms with Crippen LogP contribution >= 0.6 is 0 Å². The predicted octanol–water partition coefficient (Wildman–Crippen LogP) is 2.31. The van der Waals surface area contributed by atoms with Crippen molar-refractivity contribution in [3.05, 3.63) is 0 Å². The molecule has 0 aromatic heterocycles. The molecular formula is C15H22O4. The summed E-state index contributed by atoms with van der Waals surface area (Å²) in [6, 6.07) is 0. The van der Waals surface area contributed by atoms with Crippen LogP contribution < -0.4 is 0 Å². The van der Waals surface area contributed by atoms with Crippen LogP contribution in [0, 0.1) is 23.7 Å². The second-order valence-corrected chi connectivity index (χ2v) is 6.32. The van der Waals surface area contributed by atoms with Gasteiger partial charge in [-0.1, -0.05) is 6.42 Å². The zero-order valence-electron chi connectivity index (χ0n) is 11.3. The highest BCUT2D eigenvalue weighted by molar-refractivity contribution is 5.95. The molecule has 0 saturated heterocycles. The highest BCUT2D eigenvalue weighted by atomic mass is 16.6. The highest BCUT2D eigenvalue weighted by Gasteiger charge is 2.41. The monoisotopic (exact) mass is 266 g/mol. The molecular weight excluding hydrogens is 244 g/mol. The Hall–Kier alpha value is -1.06. The number of hydrogen-bond donors (Lipinski definition) is 0. The Morgan fingerprint density at radius 2 is 1.32 bits per heavy atom. The summed E-state index contributed by atoms with van der Waals surface area (Å²) in [5.41, 5.74) is 0. The Balaban J connectivity index is 1.51. The zero-order valence-corrected chi connectivity index (χ0v) is 11.3. The van der Waals surface area contributed by atoms with E-state index in [2.05, 4.69) is 0 Å². The minimum Gasteiger partial charge on any atom is -0.465 e. The summed E-state index contributed by atoms with van der Waals surface area (Å²) in [5, 5.41) is 0. The van der Waals surface area contributed by atoms with Crippen LogP contribution in [0.1, 0.15) is 44.9 Å². The number of carbonyl (C=O) groups excluding carboxylic acids is 2. The lowest BCUT2D eigenvalue weighted by Gasteiger charge is -2.30. The van der Waals surface area contributed by atoms with Crippen molar-refractivity contribution >= 4 is 11.9 Å². The van der Waals surface area contributed by atoms with E-state index in [1.165, 1.54) is 0 Å². The van der Waals surface area contributed by atoms with Crippen LogP contribution in [-0.4, -0.2) is 25.2 Å². The third-order valence-corrected chi connectivity index (χ3v) is 4.45. The standard InChI is InChI=1S/C15H22O4/c16-14(18-8-10-4-5-10)13(12-2-1-3-12)15(17)19-9-11-6-7-11/h10-13H,1-9H2. The first-order chi connectivity index (χ1) is 9.24. The summed E-state index contributed by atoms with van der Waals surface area (Å²) < 4.78 is 10.6. The van der Waals surface area contributed by atoms with Gasteiger partial charge in [0.25, 0.3) is 0 Å². The Kier molecular flexibility index (Phi) is 3.76. The van der Waals surface area contributed by atoms with Crippen LogP contribution in [0.15, 0.2) is 0 Å². The number of ether oxygens (including phenoxy) is 2. The molecule has 0 aromatic rings. The molecule has 3 aliphatic rings. The third-order valence-electron chi connectivity index (χ3n) is 4.45. The average molecular weight is 266 g/mol. The molecule has 106 valence electrons. The summed E-state index contributed by atoms with van der Waals surface area (Å²) in [7, 11) is 0. The first kappa shape index (κ1) is 12.9. The van der Waals surface area contributed by atoms with E-state index in [4.69, 9.17) is 9.47 Å². The van der Waals surface area contributed by atoms with Gasteiger partial charge in [0.05, 0.1) is 13.2 Å². The molecule has 0 atom stereocenters. The van der Waals surface area contributed by atoms with Crippen molar-refractivity contribution in [2.45, 2.75) is 44.9 Å². The van der Waals surface area contributed by atoms with Gasteiger partial charge in [0.15, 0.2) is 5.92 Å². The van der Waals surface area contributed by atoms with Gasteiger partial charge in [-0.25, -0.2) is 0 Å². The molecule has 19 heavy (non-hydrogen) atoms. The molecule has 3 fully saturated rings. The van der Waals surface area contributed by atoms with E-state index in [1.54, 1.807) is 0 Å². The van der Waals surface area contributed by atoms with Crippen LogP contribution in [0.2, 0.25) is 0 Å². The van der Waals surface area contributed by atoms with Gasteiger partial charge < -0.3 is 9.47 Å². The first-order valence-electron chi connectivity index (χ1n) is 7.57. The molecule has 0 bridgehead atoms. The Morgan fingerprint density at radius 1 is 0.842 bits per heavy atom. The van der Waals surface area contributed by atoms with Crippen LogP contribution in [0.4, 0.5) is 0 Å². The fourth-order valence-electron chi connectivity index (χ4n) is 2.40. The van der Waals surface area contributed by atoms with Gasteiger partial charge >= 0.3 is 11.9 Å². The lowest BCUT2D eigenvalue weighted by molar-refractivity contribution is -0.167. The Bertz CT molecular complexity index is 325. The highest BCUT2D eigenvalue weighted by Crippen LogP contribution is 2.36. The summed E-state index contributed by atoms with van der Waals surface area (Å²) in [6.45, 7) is 0.968. The molecule has 3 saturated carbocycles. The van der Waals surface area contributed by atoms with Gasteiger partial charge in [-0.3, -0.25) is 9.59 Å². The molecule has 0 unspecified atom stereocenters. The largest absolute Gasteiger partial charge is 0.465 e. The molecule has 0 spiro atoms. The van der Waals surface area contributed by atoms with Crippen LogP contribution in [0.5, 0.6) is 0 Å². The van der Waals surface area contributed by atoms with Gasteiger partial charge in [0, 0.05) is 0 Å². The SMILES string of the molecule is O=C(OCC1CC1)C(C(=O)OCC1CC1)C1CCC1. The molecule has 0 amide bonds. The van der Waals surface area contributed by atoms with E-state index in [0.29, 0.717) is 25.0 Å². The molecule has 0 heterocycles. The lowest BCUT2D eigenvalue weighted by atomic mass is 9.76. The second-order valence-electron chi connectivity index (χ2n) is 6.32. The van der Waals surface area contributed by atoms with Crippen LogP contribution in [0.25, 0.3) is 0 Å². The van der Waals surface area contributed by atoms with Crippen molar-refractivity contribution in [3.8, 4) is 0 Å². The molecule has 0 aliphatic heterocycles. The number of esters is 2. The fourth-order valence-corrected chi connectivity index (χ4v) is 2.40. The summed E-state index contributed by atoms with van der Waals surface area (Å²) in [4.78, 5) is 24.2. The maximum atomic E-state index is 12.1. The van der Waals surface area contributed by atoms with Gasteiger partial charge in [-0.05, 0) is 56.3 Å². The van der Waals surface area contributed by atoms with E-state index < -0.39 is 5.92 Å². The molecule has 0 radical (unpaired) electrons. The minimum atomic E-state index is -0.661. The first-order valence-corrected chi connectivity index (χ1v) is 7.57. The average Bonchev–Trinajstić information content (AvgIpc) is 3.21. The van der Waals surface area contributed by atoms with Crippen molar-refractivity contribution in [3.63, 3.8) is 0 Å². The molecule has 4 heteroatoms. The van der Waals surface area contributed by atoms with E-state index in [0.717, 1.165) is 44.9 Å². The number of carbonyl (C=O) groups is 2. The molecule has 0 N–H and O–H groups in total. The maximum absolute atomic E-state index is 12.1. The van der Waals surface area contributed by atoms with E-state index in [-0.39, 0.29) is 17.9 Å². The van der Waals surface area contributed by atoms with Crippen LogP contribution in [0.3, 0.4) is 0 Å². The lowest BCUT2D eigenvalue weighted by Crippen LogP contribution is -2.38. The van der Waals surface area contributed by atoms with Crippen molar-refractivity contribution in [1.29, 1.82) is 0 Å². The van der Waals surface area contributed by atoms with Crippen molar-refractivity contribution in [2.75, 3.05) is 13.2 Å². The van der Waals surface area contributed by atoms with Crippen molar-refractivity contribution in [2.24, 2.45) is 23.7 Å². The van der Waals surface area contributed by atoms with Crippen molar-refractivity contribution < 1.29 is 19.1 Å². The minimum absolute atomic E-state index is 0.151. The fraction of sp³-hybridized carbons (Fsp3) is 0.867. The second kappa shape index (κ2) is 5.51. The number of hydrogen-bond acceptors (Lipinski definition) is 4. The summed E-state index contributed by atoms with van der Waals surface area (Å²) in [5.74, 6) is -0.138. The predicted molar refractivity (Wildman–Crippen MR) is 68.2 cm³/mol. The number of rotatable bonds is 7. The third kappa shape index (κ3) is 3.48. The summed E-state index contributed by atoms with van der Waals surface area (Å²) >= 11 is 0. The summed E-state index contributed by atoms with van der Waals surface area (Å²) in [6.07, 6.45) is 7.58. The molecule has 4 nitrogen and oxygen atoms in total. The molecule has 0 aromatic carbocycles. The van der Waals surface area contributed by atoms with Gasteiger partial charge in [-0.15, -0.1) is 0 Å². The topological polar surface area (TPSA) is 52.6 Å². The maximum Gasteiger partial charge on any atom is 0.320 e. The van der Waals surface area contributed by atoms with E-state index in [9.17, 15) is 9.59 Å². The smallest absolute Gasteiger partial charge is 0.320 e. The Morgan fingerprint density at radius 3 is 1.63 bits per heavy atom. The van der Waals surface area contributed by atoms with Gasteiger partial charge in [0.1, 0.15) is 0 Å². The van der Waals surface area contributed by atoms with Gasteiger partial charge in [0.2, 0.25) is 0 Å². The van der Waals surface area contributed by atoms with E-state index >= 15 is 0 Å². The Labute approximate surface area is 113 Å². The quantitative estimate of drug-likeness (QED) is 0.524. The zero-order chi connectivity index (χ0) is 13.2. The van der Waals surface area contributed by atoms with Crippen molar-refractivity contribution in [1.82, 2.24) is 0 Å². The molecule has 3 rings (SSSR count). The van der Waals surface area contributed by atoms with Gasteiger partial charge in [-0.2, -0.15) is 0 Å². The van der Waals surface area contributed by atoms with Crippen LogP contribution in [-0.2, 0) is 19.1 Å². The normalized spacial score (nSPS) is 23.0. The molecule has 3 aliphatic carbocycles. The van der Waals surface area contributed by atoms with E-state index in [1.807, 2.05) is 0 Å².